The average molecular weight is 406 g/mol. The summed E-state index contributed by atoms with van der Waals surface area (Å²) in [6, 6.07) is 3.06. The van der Waals surface area contributed by atoms with E-state index in [0.717, 1.165) is 28.9 Å². The molecule has 0 aliphatic carbocycles. The number of aryl methyl sites for hydroxylation is 1. The Morgan fingerprint density at radius 2 is 1.72 bits per heavy atom. The van der Waals surface area contributed by atoms with Gasteiger partial charge in [-0.25, -0.2) is 18.3 Å². The molecule has 150 valence electrons. The van der Waals surface area contributed by atoms with E-state index in [1.165, 1.54) is 13.8 Å². The number of nitro benzene ring substituents is 2. The van der Waals surface area contributed by atoms with Gasteiger partial charge in [0.1, 0.15) is 16.8 Å². The zero-order chi connectivity index (χ0) is 21.5. The second-order valence-electron chi connectivity index (χ2n) is 6.02. The molecule has 3 rings (SSSR count). The van der Waals surface area contributed by atoms with Crippen LogP contribution in [-0.2, 0) is 0 Å². The zero-order valence-electron chi connectivity index (χ0n) is 14.9. The van der Waals surface area contributed by atoms with Crippen molar-refractivity contribution in [2.75, 3.05) is 5.32 Å². The van der Waals surface area contributed by atoms with Crippen LogP contribution < -0.4 is 5.32 Å². The lowest BCUT2D eigenvalue weighted by molar-refractivity contribution is -0.395. The number of rotatable bonds is 5. The second kappa shape index (κ2) is 7.18. The highest BCUT2D eigenvalue weighted by Crippen LogP contribution is 2.32. The van der Waals surface area contributed by atoms with Crippen LogP contribution in [0.15, 0.2) is 24.4 Å². The molecule has 0 unspecified atom stereocenters. The minimum Gasteiger partial charge on any atom is -0.321 e. The first kappa shape index (κ1) is 19.7. The van der Waals surface area contributed by atoms with Crippen molar-refractivity contribution in [2.24, 2.45) is 0 Å². The number of nitro groups is 2. The smallest absolute Gasteiger partial charge is 0.281 e. The average Bonchev–Trinajstić information content (AvgIpc) is 3.05. The van der Waals surface area contributed by atoms with Gasteiger partial charge in [0, 0.05) is 17.8 Å². The van der Waals surface area contributed by atoms with E-state index in [1.807, 2.05) is 0 Å². The standard InChI is InChI=1S/C16H12F2N6O5/c1-7-3-13(14(17)18)22-15(20-7)10(6-19-22)16(25)21-9-4-11(23(26)27)8(2)12(5-9)24(28)29/h3-6,14H,1-2H3,(H,21,25). The van der Waals surface area contributed by atoms with Crippen LogP contribution in [0.2, 0.25) is 0 Å². The summed E-state index contributed by atoms with van der Waals surface area (Å²) in [5, 5.41) is 28.3. The van der Waals surface area contributed by atoms with Crippen molar-refractivity contribution in [1.29, 1.82) is 0 Å². The van der Waals surface area contributed by atoms with Crippen molar-refractivity contribution in [1.82, 2.24) is 14.6 Å². The molecule has 1 aromatic carbocycles. The van der Waals surface area contributed by atoms with E-state index in [9.17, 15) is 33.8 Å². The van der Waals surface area contributed by atoms with Crippen LogP contribution in [0.1, 0.15) is 33.7 Å². The number of carbonyl (C=O) groups excluding carboxylic acids is 1. The number of amides is 1. The van der Waals surface area contributed by atoms with E-state index in [4.69, 9.17) is 0 Å². The molecule has 0 spiro atoms. The minimum atomic E-state index is -2.86. The summed E-state index contributed by atoms with van der Waals surface area (Å²) in [5.74, 6) is -0.870. The first-order valence-corrected chi connectivity index (χ1v) is 7.98. The first-order valence-electron chi connectivity index (χ1n) is 7.98. The lowest BCUT2D eigenvalue weighted by atomic mass is 10.1. The van der Waals surface area contributed by atoms with Crippen molar-refractivity contribution < 1.29 is 23.4 Å². The van der Waals surface area contributed by atoms with E-state index < -0.39 is 39.2 Å². The number of anilines is 1. The highest BCUT2D eigenvalue weighted by atomic mass is 19.3. The number of hydrogen-bond acceptors (Lipinski definition) is 7. The first-order chi connectivity index (χ1) is 13.6. The molecule has 0 radical (unpaired) electrons. The predicted octanol–water partition coefficient (Wildman–Crippen LogP) is 3.35. The predicted molar refractivity (Wildman–Crippen MR) is 95.1 cm³/mol. The van der Waals surface area contributed by atoms with E-state index in [2.05, 4.69) is 15.4 Å². The number of halogens is 2. The maximum Gasteiger partial charge on any atom is 0.281 e. The monoisotopic (exact) mass is 406 g/mol. The molecule has 0 fully saturated rings. The number of nitrogens with zero attached hydrogens (tertiary/aromatic N) is 5. The largest absolute Gasteiger partial charge is 0.321 e. The maximum absolute atomic E-state index is 13.2. The molecule has 3 aromatic rings. The molecule has 0 bridgehead atoms. The van der Waals surface area contributed by atoms with Crippen molar-refractivity contribution in [2.45, 2.75) is 20.3 Å². The van der Waals surface area contributed by atoms with Crippen LogP contribution >= 0.6 is 0 Å². The Labute approximate surface area is 160 Å². The number of nitrogens with one attached hydrogen (secondary N) is 1. The number of fused-ring (bicyclic) bond motifs is 1. The highest BCUT2D eigenvalue weighted by Gasteiger charge is 2.25. The molecule has 0 aliphatic rings. The summed E-state index contributed by atoms with van der Waals surface area (Å²) in [7, 11) is 0. The summed E-state index contributed by atoms with van der Waals surface area (Å²) in [6.07, 6.45) is -1.85. The van der Waals surface area contributed by atoms with E-state index in [1.54, 1.807) is 0 Å². The molecule has 0 aliphatic heterocycles. The van der Waals surface area contributed by atoms with Crippen LogP contribution in [-0.4, -0.2) is 30.4 Å². The fourth-order valence-corrected chi connectivity index (χ4v) is 2.76. The van der Waals surface area contributed by atoms with Gasteiger partial charge >= 0.3 is 0 Å². The Kier molecular flexibility index (Phi) is 4.88. The van der Waals surface area contributed by atoms with Crippen molar-refractivity contribution >= 4 is 28.6 Å². The number of carbonyl (C=O) groups is 1. The van der Waals surface area contributed by atoms with Gasteiger partial charge in [0.25, 0.3) is 23.7 Å². The molecule has 13 heteroatoms. The third kappa shape index (κ3) is 3.56. The molecule has 11 nitrogen and oxygen atoms in total. The third-order valence-electron chi connectivity index (χ3n) is 4.10. The van der Waals surface area contributed by atoms with E-state index in [-0.39, 0.29) is 28.2 Å². The summed E-state index contributed by atoms with van der Waals surface area (Å²) >= 11 is 0. The molecular formula is C16H12F2N6O5. The maximum atomic E-state index is 13.2. The molecule has 0 saturated carbocycles. The number of aromatic nitrogens is 3. The number of hydrogen-bond donors (Lipinski definition) is 1. The van der Waals surface area contributed by atoms with E-state index >= 15 is 0 Å². The summed E-state index contributed by atoms with van der Waals surface area (Å²) in [6.45, 7) is 2.68. The fraction of sp³-hybridized carbons (Fsp3) is 0.188. The lowest BCUT2D eigenvalue weighted by Gasteiger charge is -2.07. The van der Waals surface area contributed by atoms with Gasteiger partial charge in [-0.3, -0.25) is 25.0 Å². The number of alkyl halides is 2. The fourth-order valence-electron chi connectivity index (χ4n) is 2.76. The van der Waals surface area contributed by atoms with Gasteiger partial charge in [0.2, 0.25) is 0 Å². The van der Waals surface area contributed by atoms with Gasteiger partial charge < -0.3 is 5.32 Å². The van der Waals surface area contributed by atoms with E-state index in [0.29, 0.717) is 0 Å². The Balaban J connectivity index is 2.06. The molecule has 1 amide bonds. The quantitative estimate of drug-likeness (QED) is 0.505. The second-order valence-corrected chi connectivity index (χ2v) is 6.02. The van der Waals surface area contributed by atoms with Crippen molar-refractivity contribution in [3.63, 3.8) is 0 Å². The van der Waals surface area contributed by atoms with Crippen LogP contribution in [0.3, 0.4) is 0 Å². The lowest BCUT2D eigenvalue weighted by Crippen LogP contribution is -2.13. The van der Waals surface area contributed by atoms with Gasteiger partial charge in [0.05, 0.1) is 21.7 Å². The number of benzene rings is 1. The summed E-state index contributed by atoms with van der Waals surface area (Å²) < 4.78 is 27.2. The third-order valence-corrected chi connectivity index (χ3v) is 4.10. The zero-order valence-corrected chi connectivity index (χ0v) is 14.9. The SMILES string of the molecule is Cc1cc(C(F)F)n2ncc(C(=O)Nc3cc([N+](=O)[O-])c(C)c([N+](=O)[O-])c3)c2n1. The van der Waals surface area contributed by atoms with Crippen LogP contribution in [0, 0.1) is 34.1 Å². The molecule has 1 N–H and O–H groups in total. The Morgan fingerprint density at radius 3 is 2.24 bits per heavy atom. The Bertz CT molecular complexity index is 1140. The van der Waals surface area contributed by atoms with Gasteiger partial charge in [-0.2, -0.15) is 5.10 Å². The molecule has 2 heterocycles. The summed E-state index contributed by atoms with van der Waals surface area (Å²) in [4.78, 5) is 37.3. The van der Waals surface area contributed by atoms with Gasteiger partial charge in [-0.05, 0) is 19.9 Å². The van der Waals surface area contributed by atoms with Gasteiger partial charge in [0.15, 0.2) is 5.65 Å². The van der Waals surface area contributed by atoms with Gasteiger partial charge in [-0.1, -0.05) is 0 Å². The highest BCUT2D eigenvalue weighted by molar-refractivity contribution is 6.08. The molecule has 0 saturated heterocycles. The van der Waals surface area contributed by atoms with Crippen LogP contribution in [0.5, 0.6) is 0 Å². The Hall–Kier alpha value is -4.03. The van der Waals surface area contributed by atoms with Crippen LogP contribution in [0.4, 0.5) is 25.8 Å². The molecule has 0 atom stereocenters. The van der Waals surface area contributed by atoms with Crippen molar-refractivity contribution in [3.8, 4) is 0 Å². The Morgan fingerprint density at radius 1 is 1.14 bits per heavy atom. The van der Waals surface area contributed by atoms with Crippen LogP contribution in [0.25, 0.3) is 5.65 Å². The molecule has 29 heavy (non-hydrogen) atoms. The summed E-state index contributed by atoms with van der Waals surface area (Å²) in [5.41, 5.74) is -2.05. The van der Waals surface area contributed by atoms with Crippen molar-refractivity contribution in [3.05, 3.63) is 67.1 Å². The molecular weight excluding hydrogens is 394 g/mol. The minimum absolute atomic E-state index is 0.145. The molecule has 2 aromatic heterocycles. The van der Waals surface area contributed by atoms with Gasteiger partial charge in [-0.15, -0.1) is 0 Å². The normalized spacial score (nSPS) is 11.1. The topological polar surface area (TPSA) is 146 Å².